The normalized spacial score (nSPS) is 14.8. The van der Waals surface area contributed by atoms with Gasteiger partial charge in [-0.3, -0.25) is 9.58 Å². The predicted molar refractivity (Wildman–Crippen MR) is 92.0 cm³/mol. The Labute approximate surface area is 146 Å². The third kappa shape index (κ3) is 4.00. The van der Waals surface area contributed by atoms with Crippen LogP contribution in [0.4, 0.5) is 0 Å². The van der Waals surface area contributed by atoms with E-state index in [9.17, 15) is 9.90 Å². The number of fused-ring (bicyclic) bond motifs is 1. The van der Waals surface area contributed by atoms with Gasteiger partial charge >= 0.3 is 5.97 Å². The minimum atomic E-state index is -0.400. The van der Waals surface area contributed by atoms with Crippen molar-refractivity contribution in [2.45, 2.75) is 26.4 Å². The summed E-state index contributed by atoms with van der Waals surface area (Å²) in [6, 6.07) is 3.76. The topological polar surface area (TPSA) is 80.7 Å². The number of furan rings is 1. The van der Waals surface area contributed by atoms with Gasteiger partial charge in [-0.05, 0) is 25.1 Å². The first kappa shape index (κ1) is 17.4. The van der Waals surface area contributed by atoms with Crippen LogP contribution in [0.15, 0.2) is 28.9 Å². The van der Waals surface area contributed by atoms with E-state index in [0.717, 1.165) is 36.5 Å². The Hall–Kier alpha value is -2.38. The summed E-state index contributed by atoms with van der Waals surface area (Å²) in [6.07, 6.45) is 6.42. The highest BCUT2D eigenvalue weighted by Crippen LogP contribution is 2.23. The van der Waals surface area contributed by atoms with Gasteiger partial charge in [-0.15, -0.1) is 0 Å². The van der Waals surface area contributed by atoms with E-state index in [-0.39, 0.29) is 6.61 Å². The number of rotatable bonds is 7. The number of hydrogen-bond acceptors (Lipinski definition) is 6. The number of aliphatic hydroxyl groups excluding tert-OH is 1. The molecule has 0 unspecified atom stereocenters. The van der Waals surface area contributed by atoms with Crippen LogP contribution in [0.3, 0.4) is 0 Å². The molecule has 0 radical (unpaired) electrons. The lowest BCUT2D eigenvalue weighted by Crippen LogP contribution is -2.32. The third-order valence-corrected chi connectivity index (χ3v) is 4.18. The van der Waals surface area contributed by atoms with Crippen molar-refractivity contribution < 1.29 is 19.1 Å². The van der Waals surface area contributed by atoms with E-state index < -0.39 is 5.97 Å². The number of carbonyl (C=O) groups excluding carboxylic acids is 1. The maximum atomic E-state index is 12.2. The molecule has 0 fully saturated rings. The molecule has 0 aromatic carbocycles. The molecule has 1 aliphatic heterocycles. The van der Waals surface area contributed by atoms with Crippen molar-refractivity contribution >= 4 is 12.0 Å². The molecule has 2 aromatic heterocycles. The molecule has 0 saturated carbocycles. The van der Waals surface area contributed by atoms with Crippen molar-refractivity contribution in [1.29, 1.82) is 0 Å². The second kappa shape index (κ2) is 8.13. The van der Waals surface area contributed by atoms with E-state index >= 15 is 0 Å². The summed E-state index contributed by atoms with van der Waals surface area (Å²) in [6.45, 7) is 4.74. The number of nitrogens with zero attached hydrogens (tertiary/aromatic N) is 3. The molecule has 7 nitrogen and oxygen atoms in total. The minimum Gasteiger partial charge on any atom is -0.465 e. The molecule has 2 aromatic rings. The molecule has 25 heavy (non-hydrogen) atoms. The largest absolute Gasteiger partial charge is 0.465 e. The highest BCUT2D eigenvalue weighted by molar-refractivity contribution is 5.89. The van der Waals surface area contributed by atoms with Gasteiger partial charge in [0.05, 0.1) is 26.0 Å². The van der Waals surface area contributed by atoms with Gasteiger partial charge in [0.25, 0.3) is 0 Å². The molecule has 0 amide bonds. The fourth-order valence-electron chi connectivity index (χ4n) is 3.05. The highest BCUT2D eigenvalue weighted by atomic mass is 16.5. The van der Waals surface area contributed by atoms with E-state index in [1.54, 1.807) is 17.9 Å². The Kier molecular flexibility index (Phi) is 5.67. The van der Waals surface area contributed by atoms with Crippen LogP contribution in [0, 0.1) is 0 Å². The Morgan fingerprint density at radius 2 is 2.40 bits per heavy atom. The smallest absolute Gasteiger partial charge is 0.359 e. The van der Waals surface area contributed by atoms with Crippen LogP contribution >= 0.6 is 0 Å². The number of aliphatic hydroxyl groups is 1. The number of esters is 1. The summed E-state index contributed by atoms with van der Waals surface area (Å²) in [5.74, 6) is 0.420. The van der Waals surface area contributed by atoms with Gasteiger partial charge in [0.2, 0.25) is 0 Å². The molecule has 7 heteroatoms. The predicted octanol–water partition coefficient (Wildman–Crippen LogP) is 1.72. The van der Waals surface area contributed by atoms with Crippen molar-refractivity contribution in [2.75, 3.05) is 26.3 Å². The first-order valence-corrected chi connectivity index (χ1v) is 8.51. The Morgan fingerprint density at radius 3 is 3.12 bits per heavy atom. The minimum absolute atomic E-state index is 0.00795. The van der Waals surface area contributed by atoms with Crippen LogP contribution < -0.4 is 0 Å². The summed E-state index contributed by atoms with van der Waals surface area (Å²) in [5, 5.41) is 13.6. The molecule has 134 valence electrons. The zero-order valence-corrected chi connectivity index (χ0v) is 14.4. The molecule has 1 N–H and O–H groups in total. The van der Waals surface area contributed by atoms with Gasteiger partial charge in [-0.25, -0.2) is 4.79 Å². The fourth-order valence-corrected chi connectivity index (χ4v) is 3.05. The number of hydrogen-bond donors (Lipinski definition) is 1. The fraction of sp³-hybridized carbons (Fsp3) is 0.444. The maximum absolute atomic E-state index is 12.2. The molecule has 1 aliphatic rings. The average Bonchev–Trinajstić information content (AvgIpc) is 3.24. The Morgan fingerprint density at radius 1 is 1.52 bits per heavy atom. The first-order chi connectivity index (χ1) is 12.2. The Bertz CT molecular complexity index is 734. The number of ether oxygens (including phenoxy) is 1. The molecule has 0 aliphatic carbocycles. The molecule has 0 bridgehead atoms. The summed E-state index contributed by atoms with van der Waals surface area (Å²) >= 11 is 0. The second-order valence-electron chi connectivity index (χ2n) is 5.84. The first-order valence-electron chi connectivity index (χ1n) is 8.51. The van der Waals surface area contributed by atoms with E-state index in [0.29, 0.717) is 25.4 Å². The highest BCUT2D eigenvalue weighted by Gasteiger charge is 2.28. The van der Waals surface area contributed by atoms with E-state index in [1.165, 1.54) is 0 Å². The molecule has 3 rings (SSSR count). The van der Waals surface area contributed by atoms with Crippen LogP contribution in [0.5, 0.6) is 0 Å². The molecule has 0 spiro atoms. The number of aromatic nitrogens is 2. The van der Waals surface area contributed by atoms with Crippen LogP contribution in [0.2, 0.25) is 0 Å². The monoisotopic (exact) mass is 345 g/mol. The quantitative estimate of drug-likeness (QED) is 0.770. The third-order valence-electron chi connectivity index (χ3n) is 4.18. The lowest BCUT2D eigenvalue weighted by molar-refractivity contribution is 0.0515. The molecular weight excluding hydrogens is 322 g/mol. The molecule has 0 saturated heterocycles. The van der Waals surface area contributed by atoms with Crippen molar-refractivity contribution in [3.8, 4) is 0 Å². The summed E-state index contributed by atoms with van der Waals surface area (Å²) in [5.41, 5.74) is 2.29. The summed E-state index contributed by atoms with van der Waals surface area (Å²) < 4.78 is 12.1. The van der Waals surface area contributed by atoms with Gasteiger partial charge in [0.1, 0.15) is 5.76 Å². The van der Waals surface area contributed by atoms with Crippen molar-refractivity contribution in [1.82, 2.24) is 14.7 Å². The van der Waals surface area contributed by atoms with Crippen LogP contribution in [0.25, 0.3) is 6.08 Å². The summed E-state index contributed by atoms with van der Waals surface area (Å²) in [7, 11) is 0. The SMILES string of the molecule is CCOC(=O)c1nn(CCO)c2c1CN(C/C=C/c1ccco1)CC2. The van der Waals surface area contributed by atoms with Crippen LogP contribution in [0.1, 0.15) is 34.4 Å². The van der Waals surface area contributed by atoms with E-state index in [1.807, 2.05) is 24.3 Å². The Balaban J connectivity index is 1.74. The molecule has 3 heterocycles. The zero-order chi connectivity index (χ0) is 17.6. The second-order valence-corrected chi connectivity index (χ2v) is 5.84. The average molecular weight is 345 g/mol. The zero-order valence-electron chi connectivity index (χ0n) is 14.4. The van der Waals surface area contributed by atoms with Crippen LogP contribution in [-0.2, 0) is 24.2 Å². The van der Waals surface area contributed by atoms with E-state index in [4.69, 9.17) is 9.15 Å². The number of carbonyl (C=O) groups is 1. The standard InChI is InChI=1S/C18H23N3O4/c1-2-24-18(23)17-15-13-20(8-3-5-14-6-4-12-25-14)9-7-16(15)21(19-17)10-11-22/h3-6,12,22H,2,7-11,13H2,1H3/b5-3+. The van der Waals surface area contributed by atoms with Crippen molar-refractivity contribution in [2.24, 2.45) is 0 Å². The maximum Gasteiger partial charge on any atom is 0.359 e. The van der Waals surface area contributed by atoms with Gasteiger partial charge < -0.3 is 14.3 Å². The lowest BCUT2D eigenvalue weighted by atomic mass is 10.0. The summed E-state index contributed by atoms with van der Waals surface area (Å²) in [4.78, 5) is 14.5. The molecule has 0 atom stereocenters. The van der Waals surface area contributed by atoms with Gasteiger partial charge in [-0.2, -0.15) is 5.10 Å². The van der Waals surface area contributed by atoms with Gasteiger partial charge in [-0.1, -0.05) is 6.08 Å². The lowest BCUT2D eigenvalue weighted by Gasteiger charge is -2.26. The van der Waals surface area contributed by atoms with Gasteiger partial charge in [0, 0.05) is 37.3 Å². The van der Waals surface area contributed by atoms with Crippen molar-refractivity contribution in [3.63, 3.8) is 0 Å². The van der Waals surface area contributed by atoms with Crippen molar-refractivity contribution in [3.05, 3.63) is 47.2 Å². The van der Waals surface area contributed by atoms with Gasteiger partial charge in [0.15, 0.2) is 5.69 Å². The molecular formula is C18H23N3O4. The van der Waals surface area contributed by atoms with E-state index in [2.05, 4.69) is 10.00 Å². The van der Waals surface area contributed by atoms with Crippen LogP contribution in [-0.4, -0.2) is 52.1 Å².